The Labute approximate surface area is 121 Å². The van der Waals surface area contributed by atoms with Crippen LogP contribution >= 0.6 is 0 Å². The Hall–Kier alpha value is -2.50. The van der Waals surface area contributed by atoms with Gasteiger partial charge in [0.25, 0.3) is 5.69 Å². The molecule has 21 heavy (non-hydrogen) atoms. The first kappa shape index (κ1) is 14.9. The molecule has 0 saturated heterocycles. The van der Waals surface area contributed by atoms with Crippen molar-refractivity contribution in [2.45, 2.75) is 26.2 Å². The first-order valence-electron chi connectivity index (χ1n) is 6.66. The number of hydrogen-bond donors (Lipinski definition) is 1. The molecule has 1 atom stereocenters. The monoisotopic (exact) mass is 288 g/mol. The van der Waals surface area contributed by atoms with E-state index in [1.807, 2.05) is 13.8 Å². The normalized spacial score (nSPS) is 12.5. The van der Waals surface area contributed by atoms with Crippen molar-refractivity contribution >= 4 is 22.6 Å². The molecule has 1 aromatic carbocycles. The van der Waals surface area contributed by atoms with E-state index in [0.29, 0.717) is 17.3 Å². The Kier molecular flexibility index (Phi) is 4.16. The van der Waals surface area contributed by atoms with Crippen molar-refractivity contribution in [1.82, 2.24) is 4.98 Å². The molecule has 6 heteroatoms. The first-order chi connectivity index (χ1) is 9.91. The number of carboxylic acids is 1. The molecule has 2 rings (SSSR count). The molecule has 1 aromatic heterocycles. The van der Waals surface area contributed by atoms with Crippen molar-refractivity contribution in [3.05, 3.63) is 46.1 Å². The molecule has 0 radical (unpaired) electrons. The lowest BCUT2D eigenvalue weighted by Gasteiger charge is -2.17. The van der Waals surface area contributed by atoms with E-state index in [2.05, 4.69) is 4.98 Å². The number of para-hydroxylation sites is 1. The Morgan fingerprint density at radius 1 is 1.38 bits per heavy atom. The average molecular weight is 288 g/mol. The van der Waals surface area contributed by atoms with Crippen molar-refractivity contribution in [3.8, 4) is 0 Å². The predicted molar refractivity (Wildman–Crippen MR) is 78.2 cm³/mol. The number of nitro groups is 1. The van der Waals surface area contributed by atoms with E-state index in [-0.39, 0.29) is 17.2 Å². The van der Waals surface area contributed by atoms with Gasteiger partial charge in [-0.25, -0.2) is 4.98 Å². The second-order valence-electron chi connectivity index (χ2n) is 5.35. The highest BCUT2D eigenvalue weighted by atomic mass is 16.6. The topological polar surface area (TPSA) is 93.3 Å². The summed E-state index contributed by atoms with van der Waals surface area (Å²) < 4.78 is 0. The summed E-state index contributed by atoms with van der Waals surface area (Å²) in [6.07, 6.45) is 1.48. The number of hydrogen-bond acceptors (Lipinski definition) is 4. The van der Waals surface area contributed by atoms with Gasteiger partial charge >= 0.3 is 5.97 Å². The summed E-state index contributed by atoms with van der Waals surface area (Å²) in [6.45, 7) is 3.79. The number of carbonyl (C=O) groups is 1. The zero-order chi connectivity index (χ0) is 15.6. The van der Waals surface area contributed by atoms with Gasteiger partial charge in [0.2, 0.25) is 0 Å². The third-order valence-corrected chi connectivity index (χ3v) is 3.35. The molecule has 1 heterocycles. The van der Waals surface area contributed by atoms with Gasteiger partial charge in [0.1, 0.15) is 6.20 Å². The van der Waals surface area contributed by atoms with Crippen molar-refractivity contribution in [1.29, 1.82) is 0 Å². The number of aromatic nitrogens is 1. The zero-order valence-corrected chi connectivity index (χ0v) is 11.8. The van der Waals surface area contributed by atoms with Crippen LogP contribution in [0.1, 0.15) is 31.7 Å². The quantitative estimate of drug-likeness (QED) is 0.672. The molecule has 0 saturated carbocycles. The summed E-state index contributed by atoms with van der Waals surface area (Å²) in [6, 6.07) is 6.90. The summed E-state index contributed by atoms with van der Waals surface area (Å²) in [5, 5.41) is 21.3. The van der Waals surface area contributed by atoms with Gasteiger partial charge in [0.05, 0.1) is 21.9 Å². The van der Waals surface area contributed by atoms with Crippen molar-refractivity contribution in [3.63, 3.8) is 0 Å². The van der Waals surface area contributed by atoms with Gasteiger partial charge < -0.3 is 5.11 Å². The fourth-order valence-corrected chi connectivity index (χ4v) is 2.48. The maximum absolute atomic E-state index is 11.6. The van der Waals surface area contributed by atoms with Crippen LogP contribution < -0.4 is 0 Å². The molecule has 0 aliphatic carbocycles. The Bertz CT molecular complexity index is 697. The molecule has 6 nitrogen and oxygen atoms in total. The molecule has 0 fully saturated rings. The predicted octanol–water partition coefficient (Wildman–Crippen LogP) is 3.36. The van der Waals surface area contributed by atoms with E-state index in [0.717, 1.165) is 6.20 Å². The standard InChI is InChI=1S/C15H16N2O4/c1-9(2)7-11(15(18)19)14-10-5-3-4-6-12(10)16-8-13(14)17(20)21/h3-6,8-9,11H,7H2,1-2H3,(H,18,19). The van der Waals surface area contributed by atoms with Crippen LogP contribution in [0.2, 0.25) is 0 Å². The molecular weight excluding hydrogens is 272 g/mol. The molecule has 0 bridgehead atoms. The number of fused-ring (bicyclic) bond motifs is 1. The van der Waals surface area contributed by atoms with E-state index in [1.165, 1.54) is 0 Å². The van der Waals surface area contributed by atoms with Crippen LogP contribution in [0.5, 0.6) is 0 Å². The minimum atomic E-state index is -1.05. The van der Waals surface area contributed by atoms with E-state index < -0.39 is 16.8 Å². The molecule has 0 spiro atoms. The van der Waals surface area contributed by atoms with Gasteiger partial charge in [0.15, 0.2) is 0 Å². The number of rotatable bonds is 5. The number of aliphatic carboxylic acids is 1. The van der Waals surface area contributed by atoms with Gasteiger partial charge in [-0.3, -0.25) is 14.9 Å². The maximum Gasteiger partial charge on any atom is 0.311 e. The lowest BCUT2D eigenvalue weighted by atomic mass is 9.87. The highest BCUT2D eigenvalue weighted by molar-refractivity contribution is 5.91. The molecule has 0 aliphatic rings. The molecule has 1 unspecified atom stereocenters. The number of pyridine rings is 1. The second kappa shape index (κ2) is 5.87. The van der Waals surface area contributed by atoms with Crippen LogP contribution in [0.25, 0.3) is 10.9 Å². The van der Waals surface area contributed by atoms with Gasteiger partial charge in [0, 0.05) is 5.39 Å². The third kappa shape index (κ3) is 2.99. The van der Waals surface area contributed by atoms with E-state index in [1.54, 1.807) is 24.3 Å². The van der Waals surface area contributed by atoms with Crippen LogP contribution in [0.4, 0.5) is 5.69 Å². The summed E-state index contributed by atoms with van der Waals surface area (Å²) in [5.74, 6) is -1.86. The van der Waals surface area contributed by atoms with Gasteiger partial charge in [-0.05, 0) is 18.4 Å². The summed E-state index contributed by atoms with van der Waals surface area (Å²) in [4.78, 5) is 26.3. The van der Waals surface area contributed by atoms with Crippen LogP contribution in [-0.2, 0) is 4.79 Å². The summed E-state index contributed by atoms with van der Waals surface area (Å²) in [5.41, 5.74) is 0.571. The zero-order valence-electron chi connectivity index (χ0n) is 11.8. The van der Waals surface area contributed by atoms with E-state index in [9.17, 15) is 20.0 Å². The Morgan fingerprint density at radius 2 is 2.05 bits per heavy atom. The van der Waals surface area contributed by atoms with Crippen LogP contribution in [0.3, 0.4) is 0 Å². The molecule has 2 aromatic rings. The number of benzene rings is 1. The van der Waals surface area contributed by atoms with Crippen LogP contribution in [-0.4, -0.2) is 21.0 Å². The fraction of sp³-hybridized carbons (Fsp3) is 0.333. The lowest BCUT2D eigenvalue weighted by Crippen LogP contribution is -2.16. The Morgan fingerprint density at radius 3 is 2.62 bits per heavy atom. The lowest BCUT2D eigenvalue weighted by molar-refractivity contribution is -0.385. The largest absolute Gasteiger partial charge is 0.481 e. The van der Waals surface area contributed by atoms with Crippen molar-refractivity contribution < 1.29 is 14.8 Å². The highest BCUT2D eigenvalue weighted by Crippen LogP contribution is 2.36. The second-order valence-corrected chi connectivity index (χ2v) is 5.35. The van der Waals surface area contributed by atoms with Crippen molar-refractivity contribution in [2.75, 3.05) is 0 Å². The minimum absolute atomic E-state index is 0.109. The average Bonchev–Trinajstić information content (AvgIpc) is 2.43. The maximum atomic E-state index is 11.6. The number of carboxylic acid groups (broad SMARTS) is 1. The third-order valence-electron chi connectivity index (χ3n) is 3.35. The van der Waals surface area contributed by atoms with Gasteiger partial charge in [-0.2, -0.15) is 0 Å². The van der Waals surface area contributed by atoms with Gasteiger partial charge in [-0.15, -0.1) is 0 Å². The summed E-state index contributed by atoms with van der Waals surface area (Å²) in [7, 11) is 0. The van der Waals surface area contributed by atoms with Crippen molar-refractivity contribution in [2.24, 2.45) is 5.92 Å². The van der Waals surface area contributed by atoms with Crippen LogP contribution in [0, 0.1) is 16.0 Å². The molecular formula is C15H16N2O4. The van der Waals surface area contributed by atoms with Gasteiger partial charge in [-0.1, -0.05) is 32.0 Å². The molecule has 1 N–H and O–H groups in total. The minimum Gasteiger partial charge on any atom is -0.481 e. The molecule has 0 amide bonds. The molecule has 0 aliphatic heterocycles. The smallest absolute Gasteiger partial charge is 0.311 e. The first-order valence-corrected chi connectivity index (χ1v) is 6.66. The van der Waals surface area contributed by atoms with Crippen LogP contribution in [0.15, 0.2) is 30.5 Å². The fourth-order valence-electron chi connectivity index (χ4n) is 2.48. The Balaban J connectivity index is 2.75. The molecule has 110 valence electrons. The highest BCUT2D eigenvalue weighted by Gasteiger charge is 2.31. The number of nitrogens with zero attached hydrogens (tertiary/aromatic N) is 2. The van der Waals surface area contributed by atoms with E-state index >= 15 is 0 Å². The van der Waals surface area contributed by atoms with E-state index in [4.69, 9.17) is 0 Å². The SMILES string of the molecule is CC(C)CC(C(=O)O)c1c([N+](=O)[O-])cnc2ccccc12. The summed E-state index contributed by atoms with van der Waals surface area (Å²) >= 11 is 0.